The average molecular weight is 220 g/mol. The number of aromatic hydroxyl groups is 1. The fourth-order valence-corrected chi connectivity index (χ4v) is 0.938. The number of allylic oxidation sites excluding steroid dienone is 1. The van der Waals surface area contributed by atoms with Crippen molar-refractivity contribution in [2.75, 3.05) is 0 Å². The SMILES string of the molecule is O=C(O)C(=O)C(=O)/C=C/c1ccc(O)cc1. The summed E-state index contributed by atoms with van der Waals surface area (Å²) in [6.07, 6.45) is 2.17. The zero-order valence-electron chi connectivity index (χ0n) is 8.08. The average Bonchev–Trinajstić information content (AvgIpc) is 2.26. The van der Waals surface area contributed by atoms with E-state index in [1.807, 2.05) is 0 Å². The number of carbonyl (C=O) groups is 3. The standard InChI is InChI=1S/C11H8O5/c12-8-4-1-7(2-5-8)3-6-9(13)10(14)11(15)16/h1-6,12H,(H,15,16)/b6-3+. The molecule has 0 fully saturated rings. The molecule has 1 rings (SSSR count). The number of benzene rings is 1. The van der Waals surface area contributed by atoms with Crippen molar-refractivity contribution in [3.63, 3.8) is 0 Å². The van der Waals surface area contributed by atoms with Gasteiger partial charge in [0, 0.05) is 0 Å². The fourth-order valence-electron chi connectivity index (χ4n) is 0.938. The van der Waals surface area contributed by atoms with Crippen LogP contribution in [0.1, 0.15) is 5.56 Å². The molecule has 1 aromatic carbocycles. The summed E-state index contributed by atoms with van der Waals surface area (Å²) in [6.45, 7) is 0. The Labute approximate surface area is 90.6 Å². The predicted molar refractivity (Wildman–Crippen MR) is 54.8 cm³/mol. The van der Waals surface area contributed by atoms with Gasteiger partial charge in [0.2, 0.25) is 5.78 Å². The summed E-state index contributed by atoms with van der Waals surface area (Å²) >= 11 is 0. The Morgan fingerprint density at radius 1 is 1.06 bits per heavy atom. The summed E-state index contributed by atoms with van der Waals surface area (Å²) in [7, 11) is 0. The van der Waals surface area contributed by atoms with Gasteiger partial charge in [-0.25, -0.2) is 4.79 Å². The van der Waals surface area contributed by atoms with Crippen LogP contribution in [0.25, 0.3) is 6.08 Å². The largest absolute Gasteiger partial charge is 0.508 e. The molecule has 0 atom stereocenters. The smallest absolute Gasteiger partial charge is 0.380 e. The van der Waals surface area contributed by atoms with E-state index in [1.54, 1.807) is 0 Å². The van der Waals surface area contributed by atoms with E-state index in [-0.39, 0.29) is 5.75 Å². The van der Waals surface area contributed by atoms with Crippen molar-refractivity contribution < 1.29 is 24.6 Å². The third-order valence-electron chi connectivity index (χ3n) is 1.74. The van der Waals surface area contributed by atoms with Crippen LogP contribution in [0.5, 0.6) is 5.75 Å². The molecule has 0 radical (unpaired) electrons. The highest BCUT2D eigenvalue weighted by Gasteiger charge is 2.18. The number of hydrogen-bond donors (Lipinski definition) is 2. The van der Waals surface area contributed by atoms with E-state index in [1.165, 1.54) is 30.3 Å². The Morgan fingerprint density at radius 2 is 1.62 bits per heavy atom. The van der Waals surface area contributed by atoms with Crippen molar-refractivity contribution in [2.24, 2.45) is 0 Å². The molecule has 5 heteroatoms. The van der Waals surface area contributed by atoms with Gasteiger partial charge in [0.05, 0.1) is 0 Å². The number of aliphatic carboxylic acids is 1. The highest BCUT2D eigenvalue weighted by Crippen LogP contribution is 2.10. The first kappa shape index (κ1) is 11.6. The zero-order chi connectivity index (χ0) is 12.1. The van der Waals surface area contributed by atoms with E-state index in [2.05, 4.69) is 0 Å². The fraction of sp³-hybridized carbons (Fsp3) is 0. The molecule has 0 aromatic heterocycles. The van der Waals surface area contributed by atoms with E-state index in [0.717, 1.165) is 6.08 Å². The first-order chi connectivity index (χ1) is 7.50. The molecule has 0 aliphatic heterocycles. The van der Waals surface area contributed by atoms with Crippen LogP contribution in [0.4, 0.5) is 0 Å². The third-order valence-corrected chi connectivity index (χ3v) is 1.74. The second kappa shape index (κ2) is 4.88. The Hall–Kier alpha value is -2.43. The Balaban J connectivity index is 2.74. The summed E-state index contributed by atoms with van der Waals surface area (Å²) in [6, 6.07) is 5.85. The second-order valence-electron chi connectivity index (χ2n) is 2.92. The van der Waals surface area contributed by atoms with Gasteiger partial charge in [0.1, 0.15) is 5.75 Å². The first-order valence-corrected chi connectivity index (χ1v) is 4.29. The minimum atomic E-state index is -1.78. The minimum Gasteiger partial charge on any atom is -0.508 e. The Morgan fingerprint density at radius 3 is 2.12 bits per heavy atom. The molecule has 0 bridgehead atoms. The molecule has 0 saturated carbocycles. The maximum atomic E-state index is 11.0. The van der Waals surface area contributed by atoms with Gasteiger partial charge in [0.15, 0.2) is 0 Å². The van der Waals surface area contributed by atoms with Crippen LogP contribution < -0.4 is 0 Å². The lowest BCUT2D eigenvalue weighted by Gasteiger charge is -1.93. The van der Waals surface area contributed by atoms with E-state index < -0.39 is 17.5 Å². The number of phenolic OH excluding ortho intramolecular Hbond substituents is 1. The maximum Gasteiger partial charge on any atom is 0.380 e. The molecule has 0 aliphatic rings. The normalized spacial score (nSPS) is 10.2. The monoisotopic (exact) mass is 220 g/mol. The third kappa shape index (κ3) is 3.06. The quantitative estimate of drug-likeness (QED) is 0.441. The first-order valence-electron chi connectivity index (χ1n) is 4.29. The van der Waals surface area contributed by atoms with E-state index >= 15 is 0 Å². The van der Waals surface area contributed by atoms with Crippen LogP contribution in [0, 0.1) is 0 Å². The number of carboxylic acids is 1. The molecule has 82 valence electrons. The van der Waals surface area contributed by atoms with Crippen LogP contribution in [0.15, 0.2) is 30.3 Å². The molecule has 1 aromatic rings. The predicted octanol–water partition coefficient (Wildman–Crippen LogP) is 0.628. The van der Waals surface area contributed by atoms with E-state index in [9.17, 15) is 14.4 Å². The van der Waals surface area contributed by atoms with Crippen molar-refractivity contribution in [1.29, 1.82) is 0 Å². The van der Waals surface area contributed by atoms with Gasteiger partial charge in [-0.2, -0.15) is 0 Å². The van der Waals surface area contributed by atoms with Gasteiger partial charge in [-0.1, -0.05) is 18.2 Å². The number of carboxylic acid groups (broad SMARTS) is 1. The van der Waals surface area contributed by atoms with E-state index in [0.29, 0.717) is 5.56 Å². The van der Waals surface area contributed by atoms with Crippen LogP contribution in [0.3, 0.4) is 0 Å². The molecule has 5 nitrogen and oxygen atoms in total. The van der Waals surface area contributed by atoms with Gasteiger partial charge < -0.3 is 10.2 Å². The maximum absolute atomic E-state index is 11.0. The number of carbonyl (C=O) groups excluding carboxylic acids is 2. The van der Waals surface area contributed by atoms with Gasteiger partial charge in [-0.05, 0) is 23.8 Å². The summed E-state index contributed by atoms with van der Waals surface area (Å²) in [5.74, 6) is -4.28. The highest BCUT2D eigenvalue weighted by molar-refractivity contribution is 6.64. The number of ketones is 2. The molecular weight excluding hydrogens is 212 g/mol. The number of hydrogen-bond acceptors (Lipinski definition) is 4. The Kier molecular flexibility index (Phi) is 3.55. The molecule has 0 heterocycles. The summed E-state index contributed by atoms with van der Waals surface area (Å²) in [5.41, 5.74) is 0.573. The minimum absolute atomic E-state index is 0.0742. The highest BCUT2D eigenvalue weighted by atomic mass is 16.4. The summed E-state index contributed by atoms with van der Waals surface area (Å²) in [5, 5.41) is 17.2. The summed E-state index contributed by atoms with van der Waals surface area (Å²) in [4.78, 5) is 31.8. The van der Waals surface area contributed by atoms with Crippen LogP contribution in [-0.2, 0) is 14.4 Å². The van der Waals surface area contributed by atoms with Gasteiger partial charge in [0.25, 0.3) is 0 Å². The van der Waals surface area contributed by atoms with Crippen molar-refractivity contribution in [3.05, 3.63) is 35.9 Å². The molecule has 0 amide bonds. The molecule has 16 heavy (non-hydrogen) atoms. The zero-order valence-corrected chi connectivity index (χ0v) is 8.08. The van der Waals surface area contributed by atoms with Crippen molar-refractivity contribution in [3.8, 4) is 5.75 Å². The molecular formula is C11H8O5. The van der Waals surface area contributed by atoms with Crippen molar-refractivity contribution in [2.45, 2.75) is 0 Å². The molecule has 0 unspecified atom stereocenters. The molecule has 0 saturated heterocycles. The van der Waals surface area contributed by atoms with Gasteiger partial charge >= 0.3 is 11.8 Å². The second-order valence-corrected chi connectivity index (χ2v) is 2.92. The topological polar surface area (TPSA) is 91.7 Å². The van der Waals surface area contributed by atoms with Crippen LogP contribution in [-0.4, -0.2) is 27.7 Å². The number of Topliss-reactive ketones (excluding diaryl/α,β-unsaturated/α-hetero) is 1. The molecule has 0 spiro atoms. The number of phenols is 1. The number of rotatable bonds is 4. The molecule has 0 aliphatic carbocycles. The van der Waals surface area contributed by atoms with E-state index in [4.69, 9.17) is 10.2 Å². The summed E-state index contributed by atoms with van der Waals surface area (Å²) < 4.78 is 0. The van der Waals surface area contributed by atoms with Gasteiger partial charge in [-0.15, -0.1) is 0 Å². The van der Waals surface area contributed by atoms with Crippen LogP contribution in [0.2, 0.25) is 0 Å². The molecule has 2 N–H and O–H groups in total. The van der Waals surface area contributed by atoms with Gasteiger partial charge in [-0.3, -0.25) is 9.59 Å². The lowest BCUT2D eigenvalue weighted by molar-refractivity contribution is -0.151. The van der Waals surface area contributed by atoms with Crippen LogP contribution >= 0.6 is 0 Å². The lowest BCUT2D eigenvalue weighted by atomic mass is 10.1. The van der Waals surface area contributed by atoms with Crippen molar-refractivity contribution in [1.82, 2.24) is 0 Å². The van der Waals surface area contributed by atoms with Crippen molar-refractivity contribution >= 4 is 23.6 Å². The Bertz CT molecular complexity index is 456. The lowest BCUT2D eigenvalue weighted by Crippen LogP contribution is -2.21.